The second-order valence-electron chi connectivity index (χ2n) is 6.18. The number of hydrogen-bond donors (Lipinski definition) is 2. The Kier molecular flexibility index (Phi) is 6.45. The number of para-hydroxylation sites is 2. The Morgan fingerprint density at radius 3 is 2.65 bits per heavy atom. The second-order valence-corrected chi connectivity index (χ2v) is 6.18. The maximum absolute atomic E-state index is 12.4. The van der Waals surface area contributed by atoms with E-state index in [-0.39, 0.29) is 42.8 Å². The average molecular weight is 359 g/mol. The van der Waals surface area contributed by atoms with Crippen molar-refractivity contribution in [3.8, 4) is 0 Å². The Morgan fingerprint density at radius 2 is 2.04 bits per heavy atom. The smallest absolute Gasteiger partial charge is 0.240 e. The molecule has 2 aromatic rings. The molecule has 1 aliphatic rings. The molecule has 1 fully saturated rings. The quantitative estimate of drug-likeness (QED) is 0.861. The van der Waals surface area contributed by atoms with Gasteiger partial charge in [0.25, 0.3) is 0 Å². The predicted octanol–water partition coefficient (Wildman–Crippen LogP) is 2.43. The summed E-state index contributed by atoms with van der Waals surface area (Å²) in [5.74, 6) is 1.38. The summed E-state index contributed by atoms with van der Waals surface area (Å²) in [5.41, 5.74) is 7.49. The molecule has 128 valence electrons. The van der Waals surface area contributed by atoms with Crippen molar-refractivity contribution in [3.63, 3.8) is 0 Å². The Hall–Kier alpha value is -1.30. The van der Waals surface area contributed by atoms with Crippen molar-refractivity contribution in [1.29, 1.82) is 0 Å². The van der Waals surface area contributed by atoms with E-state index in [1.807, 2.05) is 42.7 Å². The van der Waals surface area contributed by atoms with E-state index in [4.69, 9.17) is 5.73 Å². The minimum Gasteiger partial charge on any atom is -0.348 e. The highest BCUT2D eigenvalue weighted by Gasteiger charge is 2.41. The van der Waals surface area contributed by atoms with Gasteiger partial charge >= 0.3 is 0 Å². The number of benzene rings is 1. The fraction of sp³-hybridized carbons (Fsp3) is 0.500. The maximum Gasteiger partial charge on any atom is 0.240 e. The van der Waals surface area contributed by atoms with Crippen molar-refractivity contribution >= 4 is 41.8 Å². The Bertz CT molecular complexity index is 684. The van der Waals surface area contributed by atoms with E-state index in [1.54, 1.807) is 0 Å². The number of hydrogen-bond acceptors (Lipinski definition) is 3. The molecule has 3 N–H and O–H groups in total. The normalized spacial score (nSPS) is 16.1. The molecule has 0 aliphatic heterocycles. The maximum atomic E-state index is 12.4. The van der Waals surface area contributed by atoms with Crippen LogP contribution in [0, 0.1) is 12.8 Å². The highest BCUT2D eigenvalue weighted by molar-refractivity contribution is 5.85. The molecule has 0 bridgehead atoms. The summed E-state index contributed by atoms with van der Waals surface area (Å²) in [5, 5.41) is 3.12. The lowest BCUT2D eigenvalue weighted by atomic mass is 9.96. The summed E-state index contributed by atoms with van der Waals surface area (Å²) >= 11 is 0. The Labute approximate surface area is 148 Å². The third kappa shape index (κ3) is 3.97. The van der Waals surface area contributed by atoms with Crippen LogP contribution in [-0.2, 0) is 11.3 Å². The molecule has 3 rings (SSSR count). The first-order chi connectivity index (χ1) is 10.0. The zero-order valence-electron chi connectivity index (χ0n) is 13.4. The number of amides is 1. The zero-order chi connectivity index (χ0) is 15.0. The molecular formula is C16H24Cl2N4O. The molecule has 5 nitrogen and oxygen atoms in total. The standard InChI is InChI=1S/C16H22N4O.2ClH/c1-11-18-13-5-3-4-6-14(13)20(11)9-15(21)19-16(2,10-17)12-7-8-12;;/h3-6,12H,7-10,17H2,1-2H3,(H,19,21);2*1H. The Balaban J connectivity index is 0.00000132. The molecule has 1 aromatic heterocycles. The number of nitrogens with one attached hydrogen (secondary N) is 1. The van der Waals surface area contributed by atoms with Crippen LogP contribution in [0.5, 0.6) is 0 Å². The third-order valence-electron chi connectivity index (χ3n) is 4.47. The van der Waals surface area contributed by atoms with Crippen LogP contribution >= 0.6 is 24.8 Å². The van der Waals surface area contributed by atoms with Crippen molar-refractivity contribution in [3.05, 3.63) is 30.1 Å². The minimum absolute atomic E-state index is 0. The number of carbonyl (C=O) groups is 1. The topological polar surface area (TPSA) is 72.9 Å². The van der Waals surface area contributed by atoms with Crippen LogP contribution in [0.3, 0.4) is 0 Å². The number of carbonyl (C=O) groups excluding carboxylic acids is 1. The van der Waals surface area contributed by atoms with Gasteiger partial charge in [0.2, 0.25) is 5.91 Å². The molecule has 1 heterocycles. The average Bonchev–Trinajstić information content (AvgIpc) is 3.26. The summed E-state index contributed by atoms with van der Waals surface area (Å²) in [6.45, 7) is 4.74. The van der Waals surface area contributed by atoms with E-state index in [0.29, 0.717) is 12.5 Å². The van der Waals surface area contributed by atoms with E-state index in [9.17, 15) is 4.79 Å². The Morgan fingerprint density at radius 1 is 1.39 bits per heavy atom. The number of halogens is 2. The number of nitrogens with zero attached hydrogens (tertiary/aromatic N) is 2. The third-order valence-corrected chi connectivity index (χ3v) is 4.47. The van der Waals surface area contributed by atoms with Gasteiger partial charge in [0, 0.05) is 6.54 Å². The number of rotatable bonds is 5. The largest absolute Gasteiger partial charge is 0.348 e. The highest BCUT2D eigenvalue weighted by atomic mass is 35.5. The monoisotopic (exact) mass is 358 g/mol. The number of nitrogens with two attached hydrogens (primary N) is 1. The number of fused-ring (bicyclic) bond motifs is 1. The first-order valence-corrected chi connectivity index (χ1v) is 7.46. The van der Waals surface area contributed by atoms with Gasteiger partial charge in [-0.15, -0.1) is 24.8 Å². The van der Waals surface area contributed by atoms with Gasteiger partial charge in [0.15, 0.2) is 0 Å². The molecule has 1 saturated carbocycles. The molecule has 1 amide bonds. The second kappa shape index (κ2) is 7.51. The van der Waals surface area contributed by atoms with E-state index >= 15 is 0 Å². The lowest BCUT2D eigenvalue weighted by Crippen LogP contribution is -2.53. The number of aromatic nitrogens is 2. The van der Waals surface area contributed by atoms with Crippen molar-refractivity contribution in [2.75, 3.05) is 6.54 Å². The van der Waals surface area contributed by atoms with Gasteiger partial charge in [-0.2, -0.15) is 0 Å². The van der Waals surface area contributed by atoms with Gasteiger partial charge in [-0.3, -0.25) is 4.79 Å². The molecule has 0 saturated heterocycles. The summed E-state index contributed by atoms with van der Waals surface area (Å²) in [6, 6.07) is 7.88. The van der Waals surface area contributed by atoms with Crippen LogP contribution in [0.2, 0.25) is 0 Å². The fourth-order valence-corrected chi connectivity index (χ4v) is 2.94. The van der Waals surface area contributed by atoms with Gasteiger partial charge in [-0.05, 0) is 44.7 Å². The van der Waals surface area contributed by atoms with Crippen molar-refractivity contribution < 1.29 is 4.79 Å². The van der Waals surface area contributed by atoms with Gasteiger partial charge in [-0.25, -0.2) is 4.98 Å². The molecule has 1 atom stereocenters. The molecule has 0 spiro atoms. The summed E-state index contributed by atoms with van der Waals surface area (Å²) in [4.78, 5) is 16.9. The predicted molar refractivity (Wildman–Crippen MR) is 97.3 cm³/mol. The zero-order valence-corrected chi connectivity index (χ0v) is 15.0. The van der Waals surface area contributed by atoms with E-state index in [2.05, 4.69) is 10.3 Å². The van der Waals surface area contributed by atoms with E-state index < -0.39 is 0 Å². The van der Waals surface area contributed by atoms with Crippen LogP contribution in [-0.4, -0.2) is 27.5 Å². The summed E-state index contributed by atoms with van der Waals surface area (Å²) < 4.78 is 1.95. The van der Waals surface area contributed by atoms with E-state index in [0.717, 1.165) is 29.7 Å². The van der Waals surface area contributed by atoms with Crippen molar-refractivity contribution in [2.45, 2.75) is 38.8 Å². The number of imidazole rings is 1. The molecule has 1 aromatic carbocycles. The lowest BCUT2D eigenvalue weighted by molar-refractivity contribution is -0.123. The molecule has 1 aliphatic carbocycles. The molecular weight excluding hydrogens is 335 g/mol. The lowest BCUT2D eigenvalue weighted by Gasteiger charge is -2.29. The van der Waals surface area contributed by atoms with Gasteiger partial charge in [-0.1, -0.05) is 12.1 Å². The first-order valence-electron chi connectivity index (χ1n) is 7.46. The van der Waals surface area contributed by atoms with Crippen LogP contribution in [0.4, 0.5) is 0 Å². The summed E-state index contributed by atoms with van der Waals surface area (Å²) in [7, 11) is 0. The van der Waals surface area contributed by atoms with Crippen LogP contribution in [0.1, 0.15) is 25.6 Å². The van der Waals surface area contributed by atoms with Gasteiger partial charge < -0.3 is 15.6 Å². The highest BCUT2D eigenvalue weighted by Crippen LogP contribution is 2.38. The molecule has 0 radical (unpaired) electrons. The molecule has 1 unspecified atom stereocenters. The van der Waals surface area contributed by atoms with Crippen molar-refractivity contribution in [2.24, 2.45) is 11.7 Å². The molecule has 23 heavy (non-hydrogen) atoms. The fourth-order valence-electron chi connectivity index (χ4n) is 2.94. The van der Waals surface area contributed by atoms with Gasteiger partial charge in [0.05, 0.1) is 16.6 Å². The van der Waals surface area contributed by atoms with Crippen LogP contribution in [0.25, 0.3) is 11.0 Å². The van der Waals surface area contributed by atoms with Crippen LogP contribution in [0.15, 0.2) is 24.3 Å². The van der Waals surface area contributed by atoms with Crippen LogP contribution < -0.4 is 11.1 Å². The minimum atomic E-state index is -0.276. The van der Waals surface area contributed by atoms with E-state index in [1.165, 1.54) is 0 Å². The SMILES string of the molecule is Cc1nc2ccccc2n1CC(=O)NC(C)(CN)C1CC1.Cl.Cl. The first kappa shape index (κ1) is 19.7. The molecule has 7 heteroatoms. The summed E-state index contributed by atoms with van der Waals surface area (Å²) in [6.07, 6.45) is 2.31. The van der Waals surface area contributed by atoms with Crippen molar-refractivity contribution in [1.82, 2.24) is 14.9 Å². The number of aryl methyl sites for hydroxylation is 1. The van der Waals surface area contributed by atoms with Gasteiger partial charge in [0.1, 0.15) is 12.4 Å².